The van der Waals surface area contributed by atoms with Crippen LogP contribution in [0.2, 0.25) is 0 Å². The second-order valence-electron chi connectivity index (χ2n) is 9.12. The number of ether oxygens (including phenoxy) is 4. The second kappa shape index (κ2) is 16.8. The summed E-state index contributed by atoms with van der Waals surface area (Å²) in [7, 11) is 0. The van der Waals surface area contributed by atoms with Crippen LogP contribution in [0.4, 0.5) is 5.69 Å². The average Bonchev–Trinajstić information content (AvgIpc) is 2.83. The van der Waals surface area contributed by atoms with Crippen molar-refractivity contribution >= 4 is 17.6 Å². The molecule has 9 nitrogen and oxygen atoms in total. The van der Waals surface area contributed by atoms with Crippen LogP contribution in [0.5, 0.6) is 11.5 Å². The summed E-state index contributed by atoms with van der Waals surface area (Å²) in [6.07, 6.45) is 6.44. The van der Waals surface area contributed by atoms with E-state index >= 15 is 0 Å². The molecule has 0 bridgehead atoms. The Morgan fingerprint density at radius 2 is 1.31 bits per heavy atom. The molecule has 0 spiro atoms. The molecule has 1 aromatic carbocycles. The zero-order chi connectivity index (χ0) is 27.1. The quantitative estimate of drug-likeness (QED) is 0.0907. The van der Waals surface area contributed by atoms with Crippen LogP contribution in [0, 0.1) is 22.0 Å². The van der Waals surface area contributed by atoms with Crippen LogP contribution >= 0.6 is 0 Å². The highest BCUT2D eigenvalue weighted by Crippen LogP contribution is 2.40. The summed E-state index contributed by atoms with van der Waals surface area (Å²) in [5, 5.41) is 11.9. The number of benzene rings is 1. The molecule has 204 valence electrons. The molecule has 0 saturated carbocycles. The number of nitrogens with zero attached hydrogens (tertiary/aromatic N) is 1. The van der Waals surface area contributed by atoms with E-state index in [9.17, 15) is 19.7 Å². The van der Waals surface area contributed by atoms with E-state index in [0.29, 0.717) is 13.2 Å². The molecule has 0 aliphatic rings. The molecule has 1 aromatic rings. The van der Waals surface area contributed by atoms with Crippen molar-refractivity contribution in [2.45, 2.75) is 99.2 Å². The third-order valence-electron chi connectivity index (χ3n) is 6.12. The van der Waals surface area contributed by atoms with E-state index in [1.54, 1.807) is 0 Å². The van der Waals surface area contributed by atoms with E-state index in [1.165, 1.54) is 26.0 Å². The lowest BCUT2D eigenvalue weighted by molar-refractivity contribution is -0.386. The molecular formula is C27H43NO8. The Morgan fingerprint density at radius 1 is 0.833 bits per heavy atom. The molecule has 0 aliphatic heterocycles. The molecule has 0 amide bonds. The summed E-state index contributed by atoms with van der Waals surface area (Å²) in [5.74, 6) is -0.724. The molecule has 0 heterocycles. The monoisotopic (exact) mass is 509 g/mol. The normalized spacial score (nSPS) is 12.6. The first-order chi connectivity index (χ1) is 17.2. The zero-order valence-electron chi connectivity index (χ0n) is 22.7. The van der Waals surface area contributed by atoms with Crippen molar-refractivity contribution in [2.75, 3.05) is 13.2 Å². The Hall–Kier alpha value is -2.84. The first kappa shape index (κ1) is 31.2. The van der Waals surface area contributed by atoms with Gasteiger partial charge in [-0.3, -0.25) is 19.7 Å². The van der Waals surface area contributed by atoms with Crippen LogP contribution in [-0.2, 0) is 19.1 Å². The predicted octanol–water partition coefficient (Wildman–Crippen LogP) is 6.91. The standard InChI is InChI=1S/C27H43NO8/c1-7-11-13-21(9-3)17-33-25-16-24(28(31)32)26(34-18-22(10-4)14-12-8-2)15-23(25)27(35-19(5)29)36-20(6)30/h15-16,21-22,27H,7-14,17-18H2,1-6H3. The Balaban J connectivity index is 3.44. The van der Waals surface area contributed by atoms with Crippen LogP contribution < -0.4 is 9.47 Å². The first-order valence-electron chi connectivity index (χ1n) is 13.1. The molecule has 9 heteroatoms. The van der Waals surface area contributed by atoms with Crippen LogP contribution in [0.3, 0.4) is 0 Å². The van der Waals surface area contributed by atoms with E-state index in [1.807, 2.05) is 0 Å². The van der Waals surface area contributed by atoms with Gasteiger partial charge in [0.05, 0.1) is 29.8 Å². The number of carbonyl (C=O) groups excluding carboxylic acids is 2. The van der Waals surface area contributed by atoms with Gasteiger partial charge in [0.25, 0.3) is 6.29 Å². The molecule has 2 atom stereocenters. The van der Waals surface area contributed by atoms with E-state index in [-0.39, 0.29) is 34.6 Å². The first-order valence-corrected chi connectivity index (χ1v) is 13.1. The lowest BCUT2D eigenvalue weighted by atomic mass is 10.0. The van der Waals surface area contributed by atoms with Gasteiger partial charge in [-0.05, 0) is 24.7 Å². The van der Waals surface area contributed by atoms with Gasteiger partial charge in [0.2, 0.25) is 0 Å². The van der Waals surface area contributed by atoms with Crippen LogP contribution in [0.15, 0.2) is 12.1 Å². The number of nitro benzene ring substituents is 1. The van der Waals surface area contributed by atoms with Gasteiger partial charge in [0.1, 0.15) is 5.75 Å². The van der Waals surface area contributed by atoms with Gasteiger partial charge < -0.3 is 18.9 Å². The fraction of sp³-hybridized carbons (Fsp3) is 0.704. The van der Waals surface area contributed by atoms with Crippen LogP contribution in [0.1, 0.15) is 105 Å². The average molecular weight is 510 g/mol. The van der Waals surface area contributed by atoms with Crippen LogP contribution in [0.25, 0.3) is 0 Å². The molecule has 0 radical (unpaired) electrons. The van der Waals surface area contributed by atoms with Gasteiger partial charge in [0, 0.05) is 19.9 Å². The number of unbranched alkanes of at least 4 members (excludes halogenated alkanes) is 2. The van der Waals surface area contributed by atoms with Crippen molar-refractivity contribution in [1.82, 2.24) is 0 Å². The minimum Gasteiger partial charge on any atom is -0.492 e. The molecular weight excluding hydrogens is 466 g/mol. The van der Waals surface area contributed by atoms with Crippen molar-refractivity contribution in [3.05, 3.63) is 27.8 Å². The summed E-state index contributed by atoms with van der Waals surface area (Å²) in [5.41, 5.74) is -0.0712. The van der Waals surface area contributed by atoms with Crippen molar-refractivity contribution in [1.29, 1.82) is 0 Å². The Morgan fingerprint density at radius 3 is 1.69 bits per heavy atom. The van der Waals surface area contributed by atoms with Crippen molar-refractivity contribution in [2.24, 2.45) is 11.8 Å². The third-order valence-corrected chi connectivity index (χ3v) is 6.12. The Bertz CT molecular complexity index is 825. The van der Waals surface area contributed by atoms with Gasteiger partial charge in [0.15, 0.2) is 5.75 Å². The topological polar surface area (TPSA) is 114 Å². The minimum absolute atomic E-state index is 0.0135. The van der Waals surface area contributed by atoms with E-state index in [4.69, 9.17) is 18.9 Å². The highest BCUT2D eigenvalue weighted by molar-refractivity contribution is 5.69. The maximum Gasteiger partial charge on any atom is 0.314 e. The van der Waals surface area contributed by atoms with Crippen LogP contribution in [-0.4, -0.2) is 30.1 Å². The molecule has 36 heavy (non-hydrogen) atoms. The number of hydrogen-bond donors (Lipinski definition) is 0. The number of esters is 2. The molecule has 0 saturated heterocycles. The molecule has 1 rings (SSSR count). The number of carbonyl (C=O) groups is 2. The van der Waals surface area contributed by atoms with Gasteiger partial charge in [-0.1, -0.05) is 66.2 Å². The fourth-order valence-corrected chi connectivity index (χ4v) is 3.80. The third kappa shape index (κ3) is 10.8. The Labute approximate surface area is 215 Å². The van der Waals surface area contributed by atoms with E-state index in [2.05, 4.69) is 27.7 Å². The number of nitro groups is 1. The number of rotatable bonds is 18. The summed E-state index contributed by atoms with van der Waals surface area (Å²) in [6, 6.07) is 2.66. The molecule has 2 unspecified atom stereocenters. The van der Waals surface area contributed by atoms with Crippen molar-refractivity contribution in [3.8, 4) is 11.5 Å². The van der Waals surface area contributed by atoms with Gasteiger partial charge >= 0.3 is 17.6 Å². The smallest absolute Gasteiger partial charge is 0.314 e. The largest absolute Gasteiger partial charge is 0.492 e. The highest BCUT2D eigenvalue weighted by atomic mass is 16.7. The molecule has 0 N–H and O–H groups in total. The van der Waals surface area contributed by atoms with E-state index in [0.717, 1.165) is 51.4 Å². The second-order valence-corrected chi connectivity index (χ2v) is 9.12. The lowest BCUT2D eigenvalue weighted by Gasteiger charge is -2.23. The number of hydrogen-bond acceptors (Lipinski definition) is 8. The molecule has 0 aromatic heterocycles. The van der Waals surface area contributed by atoms with Gasteiger partial charge in [-0.25, -0.2) is 0 Å². The zero-order valence-corrected chi connectivity index (χ0v) is 22.7. The summed E-state index contributed by atoms with van der Waals surface area (Å²) in [6.45, 7) is 11.4. The highest BCUT2D eigenvalue weighted by Gasteiger charge is 2.29. The SMILES string of the molecule is CCCCC(CC)COc1cc([N+](=O)[O-])c(OCC(CC)CCCC)cc1C(OC(C)=O)OC(C)=O. The predicted molar refractivity (Wildman–Crippen MR) is 137 cm³/mol. The van der Waals surface area contributed by atoms with E-state index < -0.39 is 23.2 Å². The van der Waals surface area contributed by atoms with Gasteiger partial charge in [-0.2, -0.15) is 0 Å². The fourth-order valence-electron chi connectivity index (χ4n) is 3.80. The summed E-state index contributed by atoms with van der Waals surface area (Å²) in [4.78, 5) is 34.9. The summed E-state index contributed by atoms with van der Waals surface area (Å²) >= 11 is 0. The maximum atomic E-state index is 11.9. The Kier molecular flexibility index (Phi) is 14.5. The lowest BCUT2D eigenvalue weighted by Crippen LogP contribution is -2.19. The van der Waals surface area contributed by atoms with Crippen molar-refractivity contribution in [3.63, 3.8) is 0 Å². The maximum absolute atomic E-state index is 11.9. The van der Waals surface area contributed by atoms with Gasteiger partial charge in [-0.15, -0.1) is 0 Å². The van der Waals surface area contributed by atoms with Crippen molar-refractivity contribution < 1.29 is 33.5 Å². The molecule has 0 aliphatic carbocycles. The molecule has 0 fully saturated rings. The minimum atomic E-state index is -1.42. The summed E-state index contributed by atoms with van der Waals surface area (Å²) < 4.78 is 22.5.